The van der Waals surface area contributed by atoms with Crippen LogP contribution in [0.2, 0.25) is 0 Å². The molecule has 7 heteroatoms. The van der Waals surface area contributed by atoms with Gasteiger partial charge in [0.15, 0.2) is 0 Å². The van der Waals surface area contributed by atoms with Gasteiger partial charge in [0.25, 0.3) is 11.8 Å². The van der Waals surface area contributed by atoms with Crippen LogP contribution in [-0.4, -0.2) is 21.4 Å². The third-order valence-corrected chi connectivity index (χ3v) is 5.37. The van der Waals surface area contributed by atoms with E-state index in [1.165, 1.54) is 11.8 Å². The van der Waals surface area contributed by atoms with Crippen LogP contribution in [0.5, 0.6) is 0 Å². The zero-order chi connectivity index (χ0) is 20.2. The molecule has 2 heterocycles. The second-order valence-electron chi connectivity index (χ2n) is 6.37. The molecule has 0 aliphatic carbocycles. The van der Waals surface area contributed by atoms with Crippen molar-refractivity contribution in [3.8, 4) is 0 Å². The van der Waals surface area contributed by atoms with Crippen LogP contribution in [0.1, 0.15) is 20.7 Å². The number of hydrazine groups is 1. The van der Waals surface area contributed by atoms with Gasteiger partial charge in [-0.25, -0.2) is 4.98 Å². The van der Waals surface area contributed by atoms with Gasteiger partial charge in [-0.2, -0.15) is 0 Å². The van der Waals surface area contributed by atoms with Crippen molar-refractivity contribution in [1.29, 1.82) is 0 Å². The van der Waals surface area contributed by atoms with Crippen LogP contribution in [0.15, 0.2) is 89.0 Å². The molecule has 0 radical (unpaired) electrons. The Labute approximate surface area is 171 Å². The third kappa shape index (κ3) is 4.14. The van der Waals surface area contributed by atoms with Gasteiger partial charge in [0.2, 0.25) is 0 Å². The van der Waals surface area contributed by atoms with Crippen LogP contribution in [0.4, 0.5) is 0 Å². The van der Waals surface area contributed by atoms with Crippen molar-refractivity contribution in [2.75, 3.05) is 0 Å². The Bertz CT molecular complexity index is 1170. The van der Waals surface area contributed by atoms with Crippen LogP contribution in [-0.2, 0) is 7.05 Å². The molecule has 0 bridgehead atoms. The second-order valence-corrected chi connectivity index (χ2v) is 7.47. The Morgan fingerprint density at radius 2 is 1.62 bits per heavy atom. The van der Waals surface area contributed by atoms with Gasteiger partial charge in [0.05, 0.1) is 5.56 Å². The molecule has 0 atom stereocenters. The zero-order valence-corrected chi connectivity index (χ0v) is 16.4. The summed E-state index contributed by atoms with van der Waals surface area (Å²) in [6.45, 7) is 0. The molecule has 0 fully saturated rings. The summed E-state index contributed by atoms with van der Waals surface area (Å²) in [5.74, 6) is -0.745. The Morgan fingerprint density at radius 3 is 2.38 bits per heavy atom. The monoisotopic (exact) mass is 402 g/mol. The van der Waals surface area contributed by atoms with E-state index in [2.05, 4.69) is 15.8 Å². The topological polar surface area (TPSA) is 76.0 Å². The van der Waals surface area contributed by atoms with E-state index in [1.807, 2.05) is 66.2 Å². The predicted molar refractivity (Wildman–Crippen MR) is 113 cm³/mol. The fourth-order valence-corrected chi connectivity index (χ4v) is 3.75. The molecule has 0 aliphatic rings. The van der Waals surface area contributed by atoms with Gasteiger partial charge < -0.3 is 4.57 Å². The highest BCUT2D eigenvalue weighted by Gasteiger charge is 2.14. The maximum absolute atomic E-state index is 12.5. The van der Waals surface area contributed by atoms with Crippen LogP contribution >= 0.6 is 11.8 Å². The lowest BCUT2D eigenvalue weighted by atomic mass is 10.2. The molecule has 0 unspecified atom stereocenters. The molecule has 0 saturated heterocycles. The summed E-state index contributed by atoms with van der Waals surface area (Å²) >= 11 is 1.51. The molecule has 0 aliphatic heterocycles. The maximum Gasteiger partial charge on any atom is 0.271 e. The molecule has 0 spiro atoms. The number of para-hydroxylation sites is 1. The first-order valence-electron chi connectivity index (χ1n) is 8.95. The van der Waals surface area contributed by atoms with Gasteiger partial charge in [-0.1, -0.05) is 36.0 Å². The highest BCUT2D eigenvalue weighted by Crippen LogP contribution is 2.25. The van der Waals surface area contributed by atoms with Crippen molar-refractivity contribution in [3.05, 3.63) is 90.3 Å². The van der Waals surface area contributed by atoms with Crippen LogP contribution < -0.4 is 10.9 Å². The first-order valence-corrected chi connectivity index (χ1v) is 9.77. The molecule has 6 nitrogen and oxygen atoms in total. The number of nitrogens with one attached hydrogen (secondary N) is 2. The first kappa shape index (κ1) is 18.8. The fraction of sp³-hybridized carbons (Fsp3) is 0.0455. The van der Waals surface area contributed by atoms with Crippen molar-refractivity contribution in [2.45, 2.75) is 9.92 Å². The van der Waals surface area contributed by atoms with Crippen molar-refractivity contribution >= 4 is 34.5 Å². The van der Waals surface area contributed by atoms with E-state index >= 15 is 0 Å². The van der Waals surface area contributed by atoms with Crippen molar-refractivity contribution in [1.82, 2.24) is 20.4 Å². The average molecular weight is 402 g/mol. The van der Waals surface area contributed by atoms with Gasteiger partial charge in [0, 0.05) is 40.8 Å². The highest BCUT2D eigenvalue weighted by atomic mass is 32.2. The Hall–Kier alpha value is -3.58. The minimum Gasteiger partial charge on any atom is -0.350 e. The van der Waals surface area contributed by atoms with Gasteiger partial charge in [-0.3, -0.25) is 20.4 Å². The van der Waals surface area contributed by atoms with E-state index in [4.69, 9.17) is 0 Å². The number of benzene rings is 2. The standard InChI is InChI=1S/C22H18N4O2S/c1-26-14-18(17-6-2-3-7-19(17)26)22(28)25-24-21(27)15-9-11-16(12-10-15)29-20-8-4-5-13-23-20/h2-14H,1H3,(H,24,27)(H,25,28). The smallest absolute Gasteiger partial charge is 0.271 e. The summed E-state index contributed by atoms with van der Waals surface area (Å²) in [6.07, 6.45) is 3.48. The largest absolute Gasteiger partial charge is 0.350 e. The molecule has 29 heavy (non-hydrogen) atoms. The molecule has 2 N–H and O–H groups in total. The molecule has 2 amide bonds. The number of carbonyl (C=O) groups excluding carboxylic acids is 2. The Kier molecular flexibility index (Phi) is 5.31. The van der Waals surface area contributed by atoms with E-state index < -0.39 is 0 Å². The van der Waals surface area contributed by atoms with Gasteiger partial charge in [0.1, 0.15) is 5.03 Å². The summed E-state index contributed by atoms with van der Waals surface area (Å²) in [4.78, 5) is 30.1. The first-order chi connectivity index (χ1) is 14.1. The summed E-state index contributed by atoms with van der Waals surface area (Å²) in [5, 5.41) is 1.71. The average Bonchev–Trinajstić information content (AvgIpc) is 3.10. The van der Waals surface area contributed by atoms with Gasteiger partial charge in [-0.15, -0.1) is 0 Å². The number of amides is 2. The Morgan fingerprint density at radius 1 is 0.897 bits per heavy atom. The summed E-state index contributed by atoms with van der Waals surface area (Å²) in [6, 6.07) is 20.5. The molecule has 4 rings (SSSR count). The number of aryl methyl sites for hydroxylation is 1. The highest BCUT2D eigenvalue weighted by molar-refractivity contribution is 7.99. The molecular weight excluding hydrogens is 384 g/mol. The summed E-state index contributed by atoms with van der Waals surface area (Å²) in [7, 11) is 1.88. The van der Waals surface area contributed by atoms with Crippen molar-refractivity contribution in [2.24, 2.45) is 7.05 Å². The number of pyridine rings is 1. The normalized spacial score (nSPS) is 10.7. The molecule has 4 aromatic rings. The number of hydrogen-bond acceptors (Lipinski definition) is 4. The third-order valence-electron chi connectivity index (χ3n) is 4.41. The molecule has 2 aromatic carbocycles. The number of carbonyl (C=O) groups is 2. The lowest BCUT2D eigenvalue weighted by Crippen LogP contribution is -2.41. The zero-order valence-electron chi connectivity index (χ0n) is 15.6. The second kappa shape index (κ2) is 8.20. The number of hydrogen-bond donors (Lipinski definition) is 2. The van der Waals surface area contributed by atoms with Crippen LogP contribution in [0.3, 0.4) is 0 Å². The lowest BCUT2D eigenvalue weighted by molar-refractivity contribution is 0.0847. The summed E-state index contributed by atoms with van der Waals surface area (Å²) < 4.78 is 1.88. The quantitative estimate of drug-likeness (QED) is 0.509. The Balaban J connectivity index is 1.39. The molecule has 2 aromatic heterocycles. The van der Waals surface area contributed by atoms with E-state index in [0.717, 1.165) is 20.8 Å². The molecule has 144 valence electrons. The van der Waals surface area contributed by atoms with E-state index in [1.54, 1.807) is 24.5 Å². The SMILES string of the molecule is Cn1cc(C(=O)NNC(=O)c2ccc(Sc3ccccn3)cc2)c2ccccc21. The number of fused-ring (bicyclic) bond motifs is 1. The maximum atomic E-state index is 12.5. The van der Waals surface area contributed by atoms with Gasteiger partial charge >= 0.3 is 0 Å². The van der Waals surface area contributed by atoms with Crippen molar-refractivity contribution < 1.29 is 9.59 Å². The minimum absolute atomic E-state index is 0.363. The predicted octanol–water partition coefficient (Wildman–Crippen LogP) is 3.80. The minimum atomic E-state index is -0.382. The van der Waals surface area contributed by atoms with E-state index in [9.17, 15) is 9.59 Å². The number of nitrogens with zero attached hydrogens (tertiary/aromatic N) is 2. The molecule has 0 saturated carbocycles. The van der Waals surface area contributed by atoms with E-state index in [-0.39, 0.29) is 11.8 Å². The fourth-order valence-electron chi connectivity index (χ4n) is 2.98. The number of rotatable bonds is 4. The van der Waals surface area contributed by atoms with E-state index in [0.29, 0.717) is 11.1 Å². The molecular formula is C22H18N4O2S. The van der Waals surface area contributed by atoms with Crippen LogP contribution in [0.25, 0.3) is 10.9 Å². The van der Waals surface area contributed by atoms with Crippen molar-refractivity contribution in [3.63, 3.8) is 0 Å². The lowest BCUT2D eigenvalue weighted by Gasteiger charge is -2.07. The summed E-state index contributed by atoms with van der Waals surface area (Å²) in [5.41, 5.74) is 6.87. The number of aromatic nitrogens is 2. The van der Waals surface area contributed by atoms with Crippen LogP contribution in [0, 0.1) is 0 Å². The van der Waals surface area contributed by atoms with Gasteiger partial charge in [-0.05, 0) is 42.5 Å².